The average Bonchev–Trinajstić information content (AvgIpc) is 3.83. The van der Waals surface area contributed by atoms with Crippen molar-refractivity contribution in [1.82, 2.24) is 0 Å². The molecule has 0 radical (unpaired) electrons. The van der Waals surface area contributed by atoms with Gasteiger partial charge in [0.25, 0.3) is 0 Å². The predicted molar refractivity (Wildman–Crippen MR) is 225 cm³/mol. The fourth-order valence-electron chi connectivity index (χ4n) is 8.65. The van der Waals surface area contributed by atoms with E-state index in [1.807, 2.05) is 36.4 Å². The summed E-state index contributed by atoms with van der Waals surface area (Å²) in [7, 11) is 0. The fourth-order valence-corrected chi connectivity index (χ4v) is 18.0. The summed E-state index contributed by atoms with van der Waals surface area (Å²) < 4.78 is 90.7. The third-order valence-corrected chi connectivity index (χ3v) is 19.5. The summed E-state index contributed by atoms with van der Waals surface area (Å²) in [6.07, 6.45) is -4.15. The normalized spacial score (nSPS) is 14.5. The quantitative estimate of drug-likeness (QED) is 0.141. The largest absolute Gasteiger partial charge is 1.00 e. The zero-order valence-electron chi connectivity index (χ0n) is 34.3. The molecule has 6 aromatic rings. The van der Waals surface area contributed by atoms with Crippen molar-refractivity contribution in [3.05, 3.63) is 194 Å². The zero-order valence-corrected chi connectivity index (χ0v) is 38.3. The summed E-state index contributed by atoms with van der Waals surface area (Å²) in [6, 6.07) is 41.5. The number of hydrogen-bond donors (Lipinski definition) is 0. The van der Waals surface area contributed by atoms with Gasteiger partial charge in [0.1, 0.15) is 0 Å². The number of hydrogen-bond acceptors (Lipinski definition) is 0. The molecule has 0 amide bonds. The Bertz CT molecular complexity index is 2610. The van der Waals surface area contributed by atoms with E-state index in [2.05, 4.69) is 101 Å². The van der Waals surface area contributed by atoms with Gasteiger partial charge >= 0.3 is 352 Å². The summed E-state index contributed by atoms with van der Waals surface area (Å²) >= 11 is -4.01. The van der Waals surface area contributed by atoms with E-state index < -0.39 is 44.7 Å². The summed E-state index contributed by atoms with van der Waals surface area (Å²) in [4.78, 5) is 0. The number of allylic oxidation sites excluding steroid dienone is 4. The summed E-state index contributed by atoms with van der Waals surface area (Å²) in [5.74, 6) is 0.0432. The van der Waals surface area contributed by atoms with E-state index in [0.29, 0.717) is 20.8 Å². The molecule has 0 N–H and O–H groups in total. The van der Waals surface area contributed by atoms with Crippen LogP contribution < -0.4 is 28.1 Å². The Balaban J connectivity index is 0.00000311. The van der Waals surface area contributed by atoms with Crippen LogP contribution in [0.5, 0.6) is 0 Å². The molecular formula is C52H44Cl2F6Zr. The number of fused-ring (bicyclic) bond motifs is 3. The van der Waals surface area contributed by atoms with Crippen LogP contribution in [0.15, 0.2) is 161 Å². The molecule has 61 heavy (non-hydrogen) atoms. The first kappa shape index (κ1) is 46.2. The second kappa shape index (κ2) is 17.8. The molecule has 8 rings (SSSR count). The van der Waals surface area contributed by atoms with Crippen LogP contribution in [-0.2, 0) is 40.0 Å². The summed E-state index contributed by atoms with van der Waals surface area (Å²) in [6.45, 7) is 10.8. The molecule has 2 aliphatic carbocycles. The van der Waals surface area contributed by atoms with Crippen molar-refractivity contribution in [1.29, 1.82) is 0 Å². The number of halogens is 8. The second-order valence-corrected chi connectivity index (χ2v) is 22.7. The van der Waals surface area contributed by atoms with Gasteiger partial charge in [-0.1, -0.05) is 0 Å². The van der Waals surface area contributed by atoms with Gasteiger partial charge < -0.3 is 24.8 Å². The third-order valence-electron chi connectivity index (χ3n) is 11.6. The smallest absolute Gasteiger partial charge is 1.00 e. The van der Waals surface area contributed by atoms with Gasteiger partial charge in [-0.2, -0.15) is 0 Å². The molecule has 0 heterocycles. The minimum absolute atomic E-state index is 0. The van der Waals surface area contributed by atoms with E-state index >= 15 is 0 Å². The molecule has 312 valence electrons. The van der Waals surface area contributed by atoms with Crippen molar-refractivity contribution in [2.24, 2.45) is 17.3 Å². The standard InChI is InChI=1S/C25H17.C15H8F6.C12H19.2ClH.Zr/c1-3-7-18(8-4-1)20-11-13-24-22(15-20)17-23-16-21(12-14-25(23)24)19-9-5-2-6-10-19;16-14(17,18)12-5-1-3-10(8-12)7-11-4-2-6-13(9-11)15(19,20)21;1-9(2)10-6-7-11(8-10)12(3,4)5;;;/h1-15H,17H2;1-6,8-9H;7-10H,1-5H3;2*1H;/q;;;;;+2/p-2. The first-order chi connectivity index (χ1) is 28.0. The van der Waals surface area contributed by atoms with E-state index in [1.54, 1.807) is 12.1 Å². The summed E-state index contributed by atoms with van der Waals surface area (Å²) in [5, 5.41) is 0. The van der Waals surface area contributed by atoms with Crippen LogP contribution in [0.3, 0.4) is 0 Å². The molecule has 0 nitrogen and oxygen atoms in total. The van der Waals surface area contributed by atoms with Crippen LogP contribution in [0.25, 0.3) is 33.4 Å². The van der Waals surface area contributed by atoms with E-state index in [0.717, 1.165) is 80.9 Å². The second-order valence-electron chi connectivity index (χ2n) is 16.9. The van der Waals surface area contributed by atoms with E-state index in [1.165, 1.54) is 12.1 Å². The monoisotopic (exact) mass is 942 g/mol. The van der Waals surface area contributed by atoms with Crippen LogP contribution in [0.1, 0.15) is 68.0 Å². The zero-order chi connectivity index (χ0) is 41.9. The summed E-state index contributed by atoms with van der Waals surface area (Å²) in [5.41, 5.74) is 8.32. The Morgan fingerprint density at radius 1 is 0.574 bits per heavy atom. The van der Waals surface area contributed by atoms with E-state index in [4.69, 9.17) is 0 Å². The molecule has 1 atom stereocenters. The van der Waals surface area contributed by atoms with Crippen molar-refractivity contribution >= 4 is 6.48 Å². The molecule has 0 fully saturated rings. The maximum absolute atomic E-state index is 14.6. The maximum atomic E-state index is 14.6. The Hall–Kier alpha value is -4.29. The minimum Gasteiger partial charge on any atom is -1.00 e. The maximum Gasteiger partial charge on any atom is -1.00 e. The van der Waals surface area contributed by atoms with Crippen LogP contribution >= 0.6 is 0 Å². The molecule has 0 spiro atoms. The SMILES string of the molecule is CC(C)C1C=C(C(C)(C)C)C=[C]1[Zr+2](=[C](c1cccc(C(F)(F)F)c1)c1cccc(C(F)(F)F)c1)[c]1c(-c2ccccc2)ccc2c1Cc1cc(-c3ccccc3)ccc1-2.[Cl-].[Cl-]. The van der Waals surface area contributed by atoms with Crippen molar-refractivity contribution < 1.29 is 72.4 Å². The fraction of sp³-hybridized carbons (Fsp3) is 0.212. The third kappa shape index (κ3) is 9.27. The average molecular weight is 945 g/mol. The molecule has 0 saturated carbocycles. The molecule has 2 aliphatic rings. The first-order valence-corrected chi connectivity index (χ1v) is 23.6. The van der Waals surface area contributed by atoms with Crippen LogP contribution in [0, 0.1) is 17.3 Å². The van der Waals surface area contributed by atoms with Crippen molar-refractivity contribution in [3.8, 4) is 33.4 Å². The van der Waals surface area contributed by atoms with Crippen LogP contribution in [-0.4, -0.2) is 3.21 Å². The van der Waals surface area contributed by atoms with Crippen LogP contribution in [0.4, 0.5) is 26.3 Å². The number of rotatable bonds is 7. The Labute approximate surface area is 374 Å². The Morgan fingerprint density at radius 2 is 1.10 bits per heavy atom. The van der Waals surface area contributed by atoms with Gasteiger partial charge in [-0.05, 0) is 0 Å². The molecule has 0 aromatic heterocycles. The van der Waals surface area contributed by atoms with Crippen molar-refractivity contribution in [3.63, 3.8) is 0 Å². The molecule has 6 aromatic carbocycles. The van der Waals surface area contributed by atoms with Gasteiger partial charge in [0.2, 0.25) is 0 Å². The molecule has 9 heteroatoms. The van der Waals surface area contributed by atoms with Crippen molar-refractivity contribution in [2.75, 3.05) is 0 Å². The molecular weight excluding hydrogens is 901 g/mol. The van der Waals surface area contributed by atoms with E-state index in [-0.39, 0.29) is 42.1 Å². The molecule has 1 unspecified atom stereocenters. The molecule has 0 aliphatic heterocycles. The van der Waals surface area contributed by atoms with Gasteiger partial charge in [-0.3, -0.25) is 0 Å². The van der Waals surface area contributed by atoms with Gasteiger partial charge in [0.15, 0.2) is 0 Å². The molecule has 0 saturated heterocycles. The van der Waals surface area contributed by atoms with Crippen molar-refractivity contribution in [2.45, 2.75) is 53.4 Å². The van der Waals surface area contributed by atoms with E-state index in [9.17, 15) is 26.3 Å². The Morgan fingerprint density at radius 3 is 1.62 bits per heavy atom. The Kier molecular flexibility index (Phi) is 13.5. The number of alkyl halides is 6. The van der Waals surface area contributed by atoms with Gasteiger partial charge in [0.05, 0.1) is 0 Å². The van der Waals surface area contributed by atoms with Gasteiger partial charge in [-0.25, -0.2) is 0 Å². The predicted octanol–water partition coefficient (Wildman–Crippen LogP) is 8.29. The minimum atomic E-state index is -4.66. The number of benzene rings is 6. The topological polar surface area (TPSA) is 0 Å². The first-order valence-electron chi connectivity index (χ1n) is 19.9. The van der Waals surface area contributed by atoms with Gasteiger partial charge in [0, 0.05) is 0 Å². The molecule has 0 bridgehead atoms. The van der Waals surface area contributed by atoms with Gasteiger partial charge in [-0.15, -0.1) is 0 Å². The van der Waals surface area contributed by atoms with Crippen LogP contribution in [0.2, 0.25) is 0 Å².